The molecule has 14 heteroatoms. The molecule has 0 spiro atoms. The molecule has 224 valence electrons. The number of pyridine rings is 2. The van der Waals surface area contributed by atoms with Gasteiger partial charge in [0.15, 0.2) is 0 Å². The number of aromatic carboxylic acids is 1. The van der Waals surface area contributed by atoms with Crippen molar-refractivity contribution in [1.29, 1.82) is 5.26 Å². The van der Waals surface area contributed by atoms with Crippen LogP contribution in [-0.2, 0) is 6.54 Å². The highest BCUT2D eigenvalue weighted by atomic mass is 35.5. The van der Waals surface area contributed by atoms with E-state index >= 15 is 0 Å². The molecule has 0 aliphatic heterocycles. The topological polar surface area (TPSA) is 131 Å². The Kier molecular flexibility index (Phi) is 7.30. The number of nitriles is 1. The van der Waals surface area contributed by atoms with Crippen molar-refractivity contribution in [2.45, 2.75) is 38.9 Å². The standard InChI is InChI=1S/C30H21ClF3N5O4S/c1-13-7-17(27-26(37-13)20(12-44-27)29(41)42)16-8-15(31)3-4-23(16)43-6-5-39-14(2)38-22-11-36-25(18-9-21(18)30(32,33)34)19(10-35)24(22)28(39)40/h3-4,7-8,11-12,18,21H,5-6,9H2,1-2H3,(H,41,42). The first-order valence-electron chi connectivity index (χ1n) is 13.3. The summed E-state index contributed by atoms with van der Waals surface area (Å²) in [5, 5.41) is 21.3. The number of aryl methyl sites for hydroxylation is 2. The monoisotopic (exact) mass is 639 g/mol. The molecule has 0 amide bonds. The zero-order valence-electron chi connectivity index (χ0n) is 23.1. The number of carboxylic acid groups (broad SMARTS) is 1. The van der Waals surface area contributed by atoms with Gasteiger partial charge in [0, 0.05) is 33.1 Å². The second kappa shape index (κ2) is 10.9. The summed E-state index contributed by atoms with van der Waals surface area (Å²) in [5.41, 5.74) is 1.62. The molecule has 6 rings (SSSR count). The normalized spacial score (nSPS) is 16.3. The van der Waals surface area contributed by atoms with Gasteiger partial charge in [-0.3, -0.25) is 19.3 Å². The van der Waals surface area contributed by atoms with Crippen LogP contribution in [0.2, 0.25) is 5.02 Å². The first-order valence-corrected chi connectivity index (χ1v) is 14.6. The summed E-state index contributed by atoms with van der Waals surface area (Å²) in [4.78, 5) is 38.3. The number of alkyl halides is 3. The lowest BCUT2D eigenvalue weighted by Crippen LogP contribution is -2.27. The van der Waals surface area contributed by atoms with E-state index in [0.717, 1.165) is 0 Å². The molecule has 1 fully saturated rings. The highest BCUT2D eigenvalue weighted by molar-refractivity contribution is 7.18. The fourth-order valence-corrected chi connectivity index (χ4v) is 6.61. The molecule has 0 bridgehead atoms. The van der Waals surface area contributed by atoms with E-state index in [2.05, 4.69) is 15.0 Å². The van der Waals surface area contributed by atoms with Crippen LogP contribution in [0.5, 0.6) is 5.75 Å². The van der Waals surface area contributed by atoms with Gasteiger partial charge < -0.3 is 9.84 Å². The van der Waals surface area contributed by atoms with E-state index in [1.54, 1.807) is 32.0 Å². The van der Waals surface area contributed by atoms with Crippen molar-refractivity contribution in [1.82, 2.24) is 19.5 Å². The summed E-state index contributed by atoms with van der Waals surface area (Å²) in [6.45, 7) is 3.35. The molecule has 1 aromatic carbocycles. The van der Waals surface area contributed by atoms with Crippen molar-refractivity contribution in [3.63, 3.8) is 0 Å². The first-order chi connectivity index (χ1) is 20.9. The van der Waals surface area contributed by atoms with Gasteiger partial charge >= 0.3 is 12.1 Å². The van der Waals surface area contributed by atoms with Crippen LogP contribution in [0.15, 0.2) is 40.6 Å². The molecule has 4 aromatic heterocycles. The third-order valence-electron chi connectivity index (χ3n) is 7.58. The van der Waals surface area contributed by atoms with Gasteiger partial charge in [-0.05, 0) is 44.5 Å². The van der Waals surface area contributed by atoms with Crippen molar-refractivity contribution in [3.05, 3.63) is 79.6 Å². The number of aromatic nitrogens is 4. The van der Waals surface area contributed by atoms with Crippen LogP contribution in [0.3, 0.4) is 0 Å². The Morgan fingerprint density at radius 1 is 1.25 bits per heavy atom. The summed E-state index contributed by atoms with van der Waals surface area (Å²) < 4.78 is 47.8. The lowest BCUT2D eigenvalue weighted by atomic mass is 10.0. The van der Waals surface area contributed by atoms with E-state index in [1.807, 2.05) is 12.1 Å². The van der Waals surface area contributed by atoms with Crippen molar-refractivity contribution >= 4 is 50.0 Å². The minimum absolute atomic E-state index is 0.0136. The van der Waals surface area contributed by atoms with Crippen LogP contribution in [0.4, 0.5) is 13.2 Å². The van der Waals surface area contributed by atoms with Gasteiger partial charge in [0.05, 0.1) is 56.6 Å². The van der Waals surface area contributed by atoms with E-state index in [0.29, 0.717) is 43.6 Å². The Bertz CT molecular complexity index is 2100. The smallest absolute Gasteiger partial charge is 0.392 e. The second-order valence-corrected chi connectivity index (χ2v) is 11.7. The second-order valence-electron chi connectivity index (χ2n) is 10.4. The number of benzene rings is 1. The first kappa shape index (κ1) is 29.5. The van der Waals surface area contributed by atoms with Crippen molar-refractivity contribution in [2.75, 3.05) is 6.61 Å². The summed E-state index contributed by atoms with van der Waals surface area (Å²) in [6.07, 6.45) is -3.36. The maximum Gasteiger partial charge on any atom is 0.392 e. The number of ether oxygens (including phenoxy) is 1. The van der Waals surface area contributed by atoms with Gasteiger partial charge in [0.25, 0.3) is 5.56 Å². The molecule has 2 unspecified atom stereocenters. The number of hydrogen-bond donors (Lipinski definition) is 1. The largest absolute Gasteiger partial charge is 0.491 e. The SMILES string of the molecule is Cc1cc(-c2cc(Cl)ccc2OCCn2c(C)nc3cnc(C4CC4C(F)(F)F)c(C#N)c3c2=O)c2scc(C(=O)O)c2n1. The fraction of sp³-hybridized carbons (Fsp3) is 0.267. The van der Waals surface area contributed by atoms with Crippen LogP contribution in [0.25, 0.3) is 32.2 Å². The average molecular weight is 640 g/mol. The lowest BCUT2D eigenvalue weighted by molar-refractivity contribution is -0.148. The number of rotatable bonds is 7. The van der Waals surface area contributed by atoms with Crippen LogP contribution >= 0.6 is 22.9 Å². The number of fused-ring (bicyclic) bond motifs is 2. The zero-order chi connectivity index (χ0) is 31.5. The van der Waals surface area contributed by atoms with E-state index in [9.17, 15) is 33.1 Å². The molecule has 0 radical (unpaired) electrons. The number of thiophene rings is 1. The van der Waals surface area contributed by atoms with Crippen molar-refractivity contribution < 1.29 is 27.8 Å². The lowest BCUT2D eigenvalue weighted by Gasteiger charge is -2.16. The summed E-state index contributed by atoms with van der Waals surface area (Å²) in [6, 6.07) is 8.70. The van der Waals surface area contributed by atoms with Crippen LogP contribution in [0, 0.1) is 31.1 Å². The van der Waals surface area contributed by atoms with Gasteiger partial charge in [-0.1, -0.05) is 11.6 Å². The Labute approximate surface area is 256 Å². The molecule has 1 N–H and O–H groups in total. The number of carboxylic acids is 1. The van der Waals surface area contributed by atoms with Crippen LogP contribution < -0.4 is 10.3 Å². The molecule has 1 aliphatic rings. The zero-order valence-corrected chi connectivity index (χ0v) is 24.6. The maximum atomic E-state index is 13.6. The number of carbonyl (C=O) groups is 1. The van der Waals surface area contributed by atoms with Gasteiger partial charge in [0.1, 0.15) is 24.3 Å². The molecule has 1 saturated carbocycles. The predicted octanol–water partition coefficient (Wildman–Crippen LogP) is 6.65. The molecular weight excluding hydrogens is 619 g/mol. The molecule has 1 aliphatic carbocycles. The molecule has 44 heavy (non-hydrogen) atoms. The molecule has 0 saturated heterocycles. The van der Waals surface area contributed by atoms with E-state index in [-0.39, 0.29) is 47.3 Å². The maximum absolute atomic E-state index is 13.6. The van der Waals surface area contributed by atoms with E-state index in [1.165, 1.54) is 27.5 Å². The Balaban J connectivity index is 1.33. The Hall–Kier alpha value is -4.54. The summed E-state index contributed by atoms with van der Waals surface area (Å²) >= 11 is 7.57. The van der Waals surface area contributed by atoms with Crippen molar-refractivity contribution in [3.8, 4) is 22.9 Å². The Morgan fingerprint density at radius 2 is 2.02 bits per heavy atom. The molecular formula is C30H21ClF3N5O4S. The van der Waals surface area contributed by atoms with Crippen molar-refractivity contribution in [2.24, 2.45) is 5.92 Å². The number of halogens is 4. The minimum Gasteiger partial charge on any atom is -0.491 e. The van der Waals surface area contributed by atoms with Crippen LogP contribution in [-0.4, -0.2) is 43.4 Å². The number of hydrogen-bond acceptors (Lipinski definition) is 8. The van der Waals surface area contributed by atoms with Gasteiger partial charge in [0.2, 0.25) is 0 Å². The van der Waals surface area contributed by atoms with Gasteiger partial charge in [-0.15, -0.1) is 11.3 Å². The van der Waals surface area contributed by atoms with Gasteiger partial charge in [-0.2, -0.15) is 18.4 Å². The van der Waals surface area contributed by atoms with E-state index < -0.39 is 29.5 Å². The highest BCUT2D eigenvalue weighted by Crippen LogP contribution is 2.56. The third-order valence-corrected chi connectivity index (χ3v) is 8.82. The van der Waals surface area contributed by atoms with Gasteiger partial charge in [-0.25, -0.2) is 9.78 Å². The fourth-order valence-electron chi connectivity index (χ4n) is 5.42. The number of nitrogens with zero attached hydrogens (tertiary/aromatic N) is 5. The molecule has 4 heterocycles. The molecule has 9 nitrogen and oxygen atoms in total. The molecule has 5 aromatic rings. The predicted molar refractivity (Wildman–Crippen MR) is 157 cm³/mol. The average Bonchev–Trinajstić information content (AvgIpc) is 3.67. The third kappa shape index (κ3) is 5.14. The summed E-state index contributed by atoms with van der Waals surface area (Å²) in [7, 11) is 0. The van der Waals surface area contributed by atoms with E-state index in [4.69, 9.17) is 16.3 Å². The minimum atomic E-state index is -4.42. The van der Waals surface area contributed by atoms with Crippen LogP contribution in [0.1, 0.15) is 45.5 Å². The summed E-state index contributed by atoms with van der Waals surface area (Å²) in [5.74, 6) is -2.94. The quantitative estimate of drug-likeness (QED) is 0.209. The highest BCUT2D eigenvalue weighted by Gasteiger charge is 2.57. The molecule has 2 atom stereocenters. The Morgan fingerprint density at radius 3 is 2.70 bits per heavy atom.